The summed E-state index contributed by atoms with van der Waals surface area (Å²) in [5.41, 5.74) is -1.20. The van der Waals surface area contributed by atoms with Crippen LogP contribution in [0, 0.1) is 0 Å². The fourth-order valence-electron chi connectivity index (χ4n) is 5.91. The van der Waals surface area contributed by atoms with Crippen LogP contribution in [0.5, 0.6) is 17.2 Å². The highest BCUT2D eigenvalue weighted by atomic mass is 35.5. The van der Waals surface area contributed by atoms with Gasteiger partial charge in [0.1, 0.15) is 22.1 Å². The van der Waals surface area contributed by atoms with E-state index >= 15 is 0 Å². The standard InChI is InChI=1S/C33H31ClN4O8S/c1-43-24-9-11-30(29(21-24)45-3)47(41,42)38-27-10-8-22(34)20-26(27)33(31(38)39,25-6-4-5-7-28(25)44-2)46-32(40)37-18-16-36(17-19-37)23-12-14-35-15-13-23/h4-15,20-21H,16-19H2,1-3H3. The molecular formula is C33H31ClN4O8S. The summed E-state index contributed by atoms with van der Waals surface area (Å²) in [7, 11) is -0.531. The first kappa shape index (κ1) is 32.0. The largest absolute Gasteiger partial charge is 0.497 e. The summed E-state index contributed by atoms with van der Waals surface area (Å²) in [6.07, 6.45) is 2.58. The molecule has 1 saturated heterocycles. The number of pyridine rings is 1. The average Bonchev–Trinajstić information content (AvgIpc) is 3.35. The summed E-state index contributed by atoms with van der Waals surface area (Å²) >= 11 is 6.47. The Morgan fingerprint density at radius 2 is 1.53 bits per heavy atom. The Labute approximate surface area is 277 Å². The molecule has 6 rings (SSSR count). The van der Waals surface area contributed by atoms with Gasteiger partial charge in [0.2, 0.25) is 5.60 Å². The van der Waals surface area contributed by atoms with Crippen LogP contribution in [0.3, 0.4) is 0 Å². The summed E-state index contributed by atoms with van der Waals surface area (Å²) in [6, 6.07) is 18.7. The van der Waals surface area contributed by atoms with Crippen molar-refractivity contribution in [2.24, 2.45) is 0 Å². The molecule has 47 heavy (non-hydrogen) atoms. The van der Waals surface area contributed by atoms with Crippen LogP contribution in [0.15, 0.2) is 90.1 Å². The van der Waals surface area contributed by atoms with Gasteiger partial charge in [0, 0.05) is 60.9 Å². The summed E-state index contributed by atoms with van der Waals surface area (Å²) in [4.78, 5) is 36.3. The number of benzene rings is 3. The molecule has 4 aromatic rings. The third-order valence-corrected chi connectivity index (χ3v) is 10.2. The minimum atomic E-state index is -4.68. The lowest BCUT2D eigenvalue weighted by Crippen LogP contribution is -2.53. The number of anilines is 2. The summed E-state index contributed by atoms with van der Waals surface area (Å²) in [5, 5.41) is 0.194. The number of para-hydroxylation sites is 1. The molecule has 0 radical (unpaired) electrons. The smallest absolute Gasteiger partial charge is 0.411 e. The number of hydrogen-bond donors (Lipinski definition) is 0. The number of carbonyl (C=O) groups is 2. The monoisotopic (exact) mass is 678 g/mol. The van der Waals surface area contributed by atoms with Gasteiger partial charge in [-0.25, -0.2) is 13.2 Å². The van der Waals surface area contributed by atoms with Gasteiger partial charge in [-0.2, -0.15) is 4.31 Å². The average molecular weight is 679 g/mol. The van der Waals surface area contributed by atoms with Gasteiger partial charge in [0.05, 0.1) is 32.6 Å². The number of hydrogen-bond acceptors (Lipinski definition) is 10. The van der Waals surface area contributed by atoms with Crippen LogP contribution in [-0.4, -0.2) is 77.8 Å². The zero-order valence-electron chi connectivity index (χ0n) is 25.8. The number of piperazine rings is 1. The topological polar surface area (TPSA) is 128 Å². The normalized spacial score (nSPS) is 17.7. The van der Waals surface area contributed by atoms with E-state index in [1.807, 2.05) is 12.1 Å². The van der Waals surface area contributed by atoms with E-state index in [4.69, 9.17) is 30.5 Å². The Morgan fingerprint density at radius 1 is 0.830 bits per heavy atom. The molecule has 0 aliphatic carbocycles. The summed E-state index contributed by atoms with van der Waals surface area (Å²) in [6.45, 7) is 1.55. The van der Waals surface area contributed by atoms with Crippen molar-refractivity contribution in [2.75, 3.05) is 56.7 Å². The number of amides is 2. The van der Waals surface area contributed by atoms with E-state index in [1.165, 1.54) is 62.6 Å². The Balaban J connectivity index is 1.46. The molecule has 3 heterocycles. The van der Waals surface area contributed by atoms with Gasteiger partial charge < -0.3 is 28.7 Å². The van der Waals surface area contributed by atoms with Gasteiger partial charge in [-0.1, -0.05) is 29.8 Å². The maximum Gasteiger partial charge on any atom is 0.411 e. The molecule has 0 N–H and O–H groups in total. The maximum absolute atomic E-state index is 14.9. The molecule has 12 nitrogen and oxygen atoms in total. The molecule has 0 spiro atoms. The number of methoxy groups -OCH3 is 3. The number of nitrogens with zero attached hydrogens (tertiary/aromatic N) is 4. The molecule has 3 aromatic carbocycles. The van der Waals surface area contributed by atoms with Crippen molar-refractivity contribution >= 4 is 45.0 Å². The molecule has 244 valence electrons. The van der Waals surface area contributed by atoms with Crippen molar-refractivity contribution in [1.82, 2.24) is 9.88 Å². The molecular weight excluding hydrogens is 648 g/mol. The first-order chi connectivity index (χ1) is 22.6. The van der Waals surface area contributed by atoms with Crippen molar-refractivity contribution in [2.45, 2.75) is 10.5 Å². The second-order valence-electron chi connectivity index (χ2n) is 10.7. The van der Waals surface area contributed by atoms with Crippen molar-refractivity contribution < 1.29 is 37.0 Å². The van der Waals surface area contributed by atoms with E-state index in [9.17, 15) is 18.0 Å². The fourth-order valence-corrected chi connectivity index (χ4v) is 7.68. The Hall–Kier alpha value is -5.01. The quantitative estimate of drug-likeness (QED) is 0.259. The van der Waals surface area contributed by atoms with E-state index in [-0.39, 0.29) is 51.3 Å². The van der Waals surface area contributed by atoms with Gasteiger partial charge in [-0.05, 0) is 48.5 Å². The predicted octanol–water partition coefficient (Wildman–Crippen LogP) is 4.70. The molecule has 0 saturated carbocycles. The van der Waals surface area contributed by atoms with Crippen LogP contribution in [-0.2, 0) is 25.2 Å². The van der Waals surface area contributed by atoms with Crippen LogP contribution < -0.4 is 23.4 Å². The number of ether oxygens (including phenoxy) is 4. The SMILES string of the molecule is COc1ccc(S(=O)(=O)N2C(=O)C(OC(=O)N3CCN(c4ccncc4)CC3)(c3ccccc3OC)c3cc(Cl)ccc32)c(OC)c1. The number of fused-ring (bicyclic) bond motifs is 1. The molecule has 1 atom stereocenters. The Bertz CT molecular complexity index is 1940. The molecule has 2 amide bonds. The number of carbonyl (C=O) groups excluding carboxylic acids is 2. The lowest BCUT2D eigenvalue weighted by atomic mass is 9.86. The summed E-state index contributed by atoms with van der Waals surface area (Å²) < 4.78 is 52.1. The second-order valence-corrected chi connectivity index (χ2v) is 12.9. The van der Waals surface area contributed by atoms with Gasteiger partial charge in [-0.15, -0.1) is 0 Å². The molecule has 1 aromatic heterocycles. The van der Waals surface area contributed by atoms with Crippen LogP contribution in [0.1, 0.15) is 11.1 Å². The minimum absolute atomic E-state index is 0.0431. The number of rotatable bonds is 8. The molecule has 2 aliphatic heterocycles. The molecule has 0 bridgehead atoms. The molecule has 1 fully saturated rings. The molecule has 1 unspecified atom stereocenters. The lowest BCUT2D eigenvalue weighted by molar-refractivity contribution is -0.132. The lowest BCUT2D eigenvalue weighted by Gasteiger charge is -2.38. The van der Waals surface area contributed by atoms with Gasteiger partial charge >= 0.3 is 6.09 Å². The molecule has 14 heteroatoms. The first-order valence-corrected chi connectivity index (χ1v) is 16.4. The highest BCUT2D eigenvalue weighted by molar-refractivity contribution is 7.93. The maximum atomic E-state index is 14.9. The second kappa shape index (κ2) is 12.6. The van der Waals surface area contributed by atoms with Crippen molar-refractivity contribution in [3.8, 4) is 17.2 Å². The third kappa shape index (κ3) is 5.44. The first-order valence-electron chi connectivity index (χ1n) is 14.5. The van der Waals surface area contributed by atoms with Crippen LogP contribution >= 0.6 is 11.6 Å². The van der Waals surface area contributed by atoms with Crippen LogP contribution in [0.2, 0.25) is 5.02 Å². The number of sulfonamides is 1. The Kier molecular flexibility index (Phi) is 8.60. The van der Waals surface area contributed by atoms with Gasteiger partial charge in [0.15, 0.2) is 0 Å². The van der Waals surface area contributed by atoms with Crippen molar-refractivity contribution in [3.63, 3.8) is 0 Å². The van der Waals surface area contributed by atoms with Crippen LogP contribution in [0.4, 0.5) is 16.2 Å². The zero-order chi connectivity index (χ0) is 33.3. The van der Waals surface area contributed by atoms with Crippen LogP contribution in [0.25, 0.3) is 0 Å². The van der Waals surface area contributed by atoms with Gasteiger partial charge in [-0.3, -0.25) is 9.78 Å². The van der Waals surface area contributed by atoms with Crippen molar-refractivity contribution in [3.05, 3.63) is 101 Å². The predicted molar refractivity (Wildman–Crippen MR) is 174 cm³/mol. The van der Waals surface area contributed by atoms with E-state index in [0.29, 0.717) is 23.1 Å². The number of aromatic nitrogens is 1. The fraction of sp³-hybridized carbons (Fsp3) is 0.242. The zero-order valence-corrected chi connectivity index (χ0v) is 27.3. The van der Waals surface area contributed by atoms with Crippen molar-refractivity contribution in [1.29, 1.82) is 0 Å². The van der Waals surface area contributed by atoms with E-state index in [1.54, 1.807) is 36.7 Å². The van der Waals surface area contributed by atoms with Gasteiger partial charge in [0.25, 0.3) is 15.9 Å². The highest BCUT2D eigenvalue weighted by Gasteiger charge is 2.61. The van der Waals surface area contributed by atoms with E-state index < -0.39 is 27.6 Å². The van der Waals surface area contributed by atoms with E-state index in [2.05, 4.69) is 9.88 Å². The molecule has 2 aliphatic rings. The Morgan fingerprint density at radius 3 is 2.21 bits per heavy atom. The minimum Gasteiger partial charge on any atom is -0.497 e. The number of halogens is 1. The highest BCUT2D eigenvalue weighted by Crippen LogP contribution is 2.52. The van der Waals surface area contributed by atoms with E-state index in [0.717, 1.165) is 5.69 Å². The summed E-state index contributed by atoms with van der Waals surface area (Å²) in [5.74, 6) is -0.558. The third-order valence-electron chi connectivity index (χ3n) is 8.22.